The molecule has 4 rings (SSSR count). The number of rotatable bonds is 4. The van der Waals surface area contributed by atoms with Crippen molar-refractivity contribution in [2.24, 2.45) is 4.99 Å². The van der Waals surface area contributed by atoms with Crippen LogP contribution in [0.5, 0.6) is 0 Å². The van der Waals surface area contributed by atoms with Gasteiger partial charge >= 0.3 is 0 Å². The molecule has 0 saturated carbocycles. The lowest BCUT2D eigenvalue weighted by Gasteiger charge is -2.15. The SMILES string of the molecule is Cc1c(-c2ccccc2)c(=Nc2ccccc2)sn1C(C)c1ccccc1. The summed E-state index contributed by atoms with van der Waals surface area (Å²) >= 11 is 1.73. The topological polar surface area (TPSA) is 17.3 Å². The highest BCUT2D eigenvalue weighted by atomic mass is 32.1. The minimum Gasteiger partial charge on any atom is -0.293 e. The van der Waals surface area contributed by atoms with Gasteiger partial charge in [0.1, 0.15) is 4.67 Å². The molecule has 0 fully saturated rings. The van der Waals surface area contributed by atoms with Crippen LogP contribution < -0.4 is 4.67 Å². The smallest absolute Gasteiger partial charge is 0.142 e. The first kappa shape index (κ1) is 17.5. The molecular formula is C24H22N2S. The Bertz CT molecular complexity index is 1080. The average Bonchev–Trinajstić information content (AvgIpc) is 3.05. The maximum atomic E-state index is 4.97. The summed E-state index contributed by atoms with van der Waals surface area (Å²) in [5.41, 5.74) is 5.96. The molecule has 3 aromatic carbocycles. The number of para-hydroxylation sites is 1. The molecule has 134 valence electrons. The number of hydrogen-bond donors (Lipinski definition) is 0. The third-order valence-electron chi connectivity index (χ3n) is 4.77. The molecule has 0 spiro atoms. The average molecular weight is 371 g/mol. The molecule has 3 heteroatoms. The Morgan fingerprint density at radius 1 is 0.778 bits per heavy atom. The van der Waals surface area contributed by atoms with Crippen molar-refractivity contribution >= 4 is 17.2 Å². The van der Waals surface area contributed by atoms with Gasteiger partial charge in [-0.2, -0.15) is 0 Å². The van der Waals surface area contributed by atoms with E-state index in [1.807, 2.05) is 18.2 Å². The Kier molecular flexibility index (Phi) is 5.03. The van der Waals surface area contributed by atoms with Crippen molar-refractivity contribution in [3.8, 4) is 11.1 Å². The second-order valence-corrected chi connectivity index (χ2v) is 7.55. The van der Waals surface area contributed by atoms with E-state index in [2.05, 4.69) is 90.6 Å². The van der Waals surface area contributed by atoms with Crippen LogP contribution in [0.3, 0.4) is 0 Å². The van der Waals surface area contributed by atoms with E-state index in [9.17, 15) is 0 Å². The van der Waals surface area contributed by atoms with Gasteiger partial charge in [-0.25, -0.2) is 4.99 Å². The number of nitrogens with zero attached hydrogens (tertiary/aromatic N) is 2. The molecule has 4 aromatic rings. The first-order valence-electron chi connectivity index (χ1n) is 9.16. The number of aromatic nitrogens is 1. The molecule has 0 aliphatic carbocycles. The first-order valence-corrected chi connectivity index (χ1v) is 9.94. The second kappa shape index (κ2) is 7.77. The van der Waals surface area contributed by atoms with E-state index in [0.29, 0.717) is 0 Å². The van der Waals surface area contributed by atoms with E-state index in [1.165, 1.54) is 22.4 Å². The second-order valence-electron chi connectivity index (χ2n) is 6.58. The van der Waals surface area contributed by atoms with Crippen LogP contribution in [0.15, 0.2) is 96.0 Å². The minimum atomic E-state index is 0.262. The summed E-state index contributed by atoms with van der Waals surface area (Å²) in [7, 11) is 0. The standard InChI is InChI=1S/C24H22N2S/c1-18(20-12-6-3-7-13-20)26-19(2)23(21-14-8-4-9-15-21)24(27-26)25-22-16-10-5-11-17-22/h3-18H,1-2H3. The van der Waals surface area contributed by atoms with Crippen molar-refractivity contribution < 1.29 is 0 Å². The van der Waals surface area contributed by atoms with Crippen LogP contribution in [0.1, 0.15) is 24.2 Å². The van der Waals surface area contributed by atoms with Crippen molar-refractivity contribution in [2.75, 3.05) is 0 Å². The molecule has 1 aromatic heterocycles. The van der Waals surface area contributed by atoms with Gasteiger partial charge in [-0.15, -0.1) is 0 Å². The zero-order valence-corrected chi connectivity index (χ0v) is 16.4. The zero-order chi connectivity index (χ0) is 18.6. The van der Waals surface area contributed by atoms with Gasteiger partial charge in [-0.05, 0) is 48.6 Å². The highest BCUT2D eigenvalue weighted by Crippen LogP contribution is 2.29. The quantitative estimate of drug-likeness (QED) is 0.397. The predicted molar refractivity (Wildman–Crippen MR) is 114 cm³/mol. The van der Waals surface area contributed by atoms with Crippen molar-refractivity contribution in [1.82, 2.24) is 3.96 Å². The highest BCUT2D eigenvalue weighted by Gasteiger charge is 2.17. The Hall–Kier alpha value is -2.91. The van der Waals surface area contributed by atoms with Gasteiger partial charge in [0, 0.05) is 11.3 Å². The van der Waals surface area contributed by atoms with Gasteiger partial charge < -0.3 is 0 Å². The van der Waals surface area contributed by atoms with Gasteiger partial charge in [0.25, 0.3) is 0 Å². The highest BCUT2D eigenvalue weighted by molar-refractivity contribution is 7.04. The van der Waals surface area contributed by atoms with E-state index in [-0.39, 0.29) is 6.04 Å². The lowest BCUT2D eigenvalue weighted by atomic mass is 10.1. The van der Waals surface area contributed by atoms with Crippen LogP contribution in [0.4, 0.5) is 5.69 Å². The minimum absolute atomic E-state index is 0.262. The van der Waals surface area contributed by atoms with Crippen LogP contribution in [0, 0.1) is 6.92 Å². The lowest BCUT2D eigenvalue weighted by molar-refractivity contribution is 0.677. The maximum absolute atomic E-state index is 4.97. The molecule has 27 heavy (non-hydrogen) atoms. The summed E-state index contributed by atoms with van der Waals surface area (Å²) in [5.74, 6) is 0. The van der Waals surface area contributed by atoms with Gasteiger partial charge in [-0.3, -0.25) is 3.96 Å². The molecule has 0 saturated heterocycles. The van der Waals surface area contributed by atoms with Gasteiger partial charge in [0.05, 0.1) is 11.7 Å². The Balaban J connectivity index is 1.91. The Morgan fingerprint density at radius 2 is 1.33 bits per heavy atom. The molecule has 0 aliphatic rings. The molecule has 1 heterocycles. The summed E-state index contributed by atoms with van der Waals surface area (Å²) in [6.07, 6.45) is 0. The molecule has 0 N–H and O–H groups in total. The molecule has 0 bridgehead atoms. The summed E-state index contributed by atoms with van der Waals surface area (Å²) in [4.78, 5) is 4.97. The fraction of sp³-hybridized carbons (Fsp3) is 0.125. The molecule has 0 aliphatic heterocycles. The zero-order valence-electron chi connectivity index (χ0n) is 15.5. The van der Waals surface area contributed by atoms with Crippen molar-refractivity contribution in [3.05, 3.63) is 107 Å². The summed E-state index contributed by atoms with van der Waals surface area (Å²) in [5, 5.41) is 0. The summed E-state index contributed by atoms with van der Waals surface area (Å²) in [6, 6.07) is 31.6. The largest absolute Gasteiger partial charge is 0.293 e. The van der Waals surface area contributed by atoms with Crippen molar-refractivity contribution in [1.29, 1.82) is 0 Å². The van der Waals surface area contributed by atoms with Crippen LogP contribution >= 0.6 is 11.5 Å². The Labute approximate surface area is 164 Å². The summed E-state index contributed by atoms with van der Waals surface area (Å²) in [6.45, 7) is 4.45. The predicted octanol–water partition coefficient (Wildman–Crippen LogP) is 6.37. The van der Waals surface area contributed by atoms with E-state index in [4.69, 9.17) is 4.99 Å². The lowest BCUT2D eigenvalue weighted by Crippen LogP contribution is -2.05. The number of hydrogen-bond acceptors (Lipinski definition) is 2. The molecule has 0 radical (unpaired) electrons. The fourth-order valence-corrected chi connectivity index (χ4v) is 4.54. The van der Waals surface area contributed by atoms with Gasteiger partial charge in [-0.1, -0.05) is 78.9 Å². The van der Waals surface area contributed by atoms with Crippen LogP contribution in [-0.2, 0) is 0 Å². The van der Waals surface area contributed by atoms with Gasteiger partial charge in [0.15, 0.2) is 0 Å². The maximum Gasteiger partial charge on any atom is 0.142 e. The third-order valence-corrected chi connectivity index (χ3v) is 6.03. The van der Waals surface area contributed by atoms with Crippen LogP contribution in [0.2, 0.25) is 0 Å². The van der Waals surface area contributed by atoms with E-state index in [0.717, 1.165) is 10.4 Å². The van der Waals surface area contributed by atoms with E-state index < -0.39 is 0 Å². The number of benzene rings is 3. The normalized spacial score (nSPS) is 12.9. The fourth-order valence-electron chi connectivity index (χ4n) is 3.34. The van der Waals surface area contributed by atoms with Crippen LogP contribution in [-0.4, -0.2) is 3.96 Å². The molecule has 1 unspecified atom stereocenters. The summed E-state index contributed by atoms with van der Waals surface area (Å²) < 4.78 is 3.42. The van der Waals surface area contributed by atoms with E-state index in [1.54, 1.807) is 11.5 Å². The molecule has 1 atom stereocenters. The van der Waals surface area contributed by atoms with Crippen LogP contribution in [0.25, 0.3) is 11.1 Å². The van der Waals surface area contributed by atoms with Crippen molar-refractivity contribution in [3.63, 3.8) is 0 Å². The molecular weight excluding hydrogens is 348 g/mol. The first-order chi connectivity index (χ1) is 13.2. The van der Waals surface area contributed by atoms with E-state index >= 15 is 0 Å². The van der Waals surface area contributed by atoms with Gasteiger partial charge in [0.2, 0.25) is 0 Å². The third kappa shape index (κ3) is 3.64. The molecule has 2 nitrogen and oxygen atoms in total. The van der Waals surface area contributed by atoms with Crippen molar-refractivity contribution in [2.45, 2.75) is 19.9 Å². The molecule has 0 amide bonds. The Morgan fingerprint density at radius 3 is 1.96 bits per heavy atom. The monoisotopic (exact) mass is 370 g/mol.